The molecule has 0 radical (unpaired) electrons. The summed E-state index contributed by atoms with van der Waals surface area (Å²) in [6, 6.07) is 0.541. The molecule has 0 spiro atoms. The van der Waals surface area contributed by atoms with Gasteiger partial charge in [0.15, 0.2) is 5.78 Å². The van der Waals surface area contributed by atoms with Crippen LogP contribution in [-0.2, 0) is 19.0 Å². The summed E-state index contributed by atoms with van der Waals surface area (Å²) in [5, 5.41) is 3.42. The SMILES string of the molecule is CCCC(C)C(=O)COC(C)(C)CCOC(C)(C)CCOCCNC(C)CC. The third kappa shape index (κ3) is 14.5. The number of hydrogen-bond donors (Lipinski definition) is 1. The van der Waals surface area contributed by atoms with Gasteiger partial charge in [0.2, 0.25) is 0 Å². The third-order valence-corrected chi connectivity index (χ3v) is 5.27. The lowest BCUT2D eigenvalue weighted by Gasteiger charge is -2.30. The van der Waals surface area contributed by atoms with Gasteiger partial charge in [0.1, 0.15) is 6.61 Å². The molecular weight excluding hydrogens is 354 g/mol. The van der Waals surface area contributed by atoms with E-state index in [1.807, 2.05) is 20.8 Å². The smallest absolute Gasteiger partial charge is 0.161 e. The molecule has 0 aliphatic carbocycles. The Kier molecular flexibility index (Phi) is 14.2. The van der Waals surface area contributed by atoms with Gasteiger partial charge in [0.25, 0.3) is 0 Å². The number of ether oxygens (including phenoxy) is 3. The minimum atomic E-state index is -0.365. The van der Waals surface area contributed by atoms with E-state index in [0.717, 1.165) is 45.3 Å². The second-order valence-electron chi connectivity index (χ2n) is 9.19. The molecule has 0 aromatic rings. The van der Waals surface area contributed by atoms with Gasteiger partial charge >= 0.3 is 0 Å². The highest BCUT2D eigenvalue weighted by Gasteiger charge is 2.24. The predicted octanol–water partition coefficient (Wildman–Crippen LogP) is 4.77. The second-order valence-corrected chi connectivity index (χ2v) is 9.19. The van der Waals surface area contributed by atoms with E-state index < -0.39 is 0 Å². The first-order valence-corrected chi connectivity index (χ1v) is 11.1. The van der Waals surface area contributed by atoms with Gasteiger partial charge < -0.3 is 19.5 Å². The molecule has 5 nitrogen and oxygen atoms in total. The molecule has 0 aliphatic heterocycles. The average molecular weight is 402 g/mol. The Balaban J connectivity index is 3.96. The normalized spacial score (nSPS) is 14.9. The zero-order chi connectivity index (χ0) is 21.6. The summed E-state index contributed by atoms with van der Waals surface area (Å²) < 4.78 is 17.6. The first kappa shape index (κ1) is 27.5. The highest BCUT2D eigenvalue weighted by molar-refractivity contribution is 5.81. The van der Waals surface area contributed by atoms with Crippen LogP contribution in [0.3, 0.4) is 0 Å². The second kappa shape index (κ2) is 14.5. The van der Waals surface area contributed by atoms with Crippen molar-refractivity contribution in [2.75, 3.05) is 33.0 Å². The van der Waals surface area contributed by atoms with E-state index in [1.54, 1.807) is 0 Å². The molecule has 0 aromatic carbocycles. The molecule has 2 atom stereocenters. The molecule has 168 valence electrons. The maximum Gasteiger partial charge on any atom is 0.161 e. The molecule has 1 N–H and O–H groups in total. The monoisotopic (exact) mass is 401 g/mol. The van der Waals surface area contributed by atoms with Crippen LogP contribution in [0.1, 0.15) is 87.5 Å². The van der Waals surface area contributed by atoms with Crippen LogP contribution in [0.5, 0.6) is 0 Å². The van der Waals surface area contributed by atoms with Crippen molar-refractivity contribution >= 4 is 5.78 Å². The molecule has 0 aliphatic rings. The zero-order valence-electron chi connectivity index (χ0n) is 19.9. The molecule has 0 rings (SSSR count). The standard InChI is InChI=1S/C23H47NO4/c1-9-11-19(3)21(25)18-28-23(7,8)13-16-27-22(5,6)12-15-26-17-14-24-20(4)10-2/h19-20,24H,9-18H2,1-8H3. The number of rotatable bonds is 18. The molecule has 2 unspecified atom stereocenters. The van der Waals surface area contributed by atoms with Gasteiger partial charge in [-0.25, -0.2) is 0 Å². The Hall–Kier alpha value is -0.490. The number of carbonyl (C=O) groups excluding carboxylic acids is 1. The van der Waals surface area contributed by atoms with Crippen LogP contribution in [0.15, 0.2) is 0 Å². The minimum Gasteiger partial charge on any atom is -0.380 e. The van der Waals surface area contributed by atoms with Crippen LogP contribution in [0, 0.1) is 5.92 Å². The van der Waals surface area contributed by atoms with Gasteiger partial charge in [-0.05, 0) is 60.3 Å². The quantitative estimate of drug-likeness (QED) is 0.335. The Morgan fingerprint density at radius 3 is 2.14 bits per heavy atom. The fourth-order valence-corrected chi connectivity index (χ4v) is 2.66. The average Bonchev–Trinajstić information content (AvgIpc) is 2.62. The van der Waals surface area contributed by atoms with E-state index in [2.05, 4.69) is 39.9 Å². The van der Waals surface area contributed by atoms with Crippen molar-refractivity contribution in [2.24, 2.45) is 5.92 Å². The van der Waals surface area contributed by atoms with Gasteiger partial charge in [0.05, 0.1) is 24.4 Å². The van der Waals surface area contributed by atoms with Crippen molar-refractivity contribution in [3.05, 3.63) is 0 Å². The van der Waals surface area contributed by atoms with Crippen molar-refractivity contribution in [3.8, 4) is 0 Å². The van der Waals surface area contributed by atoms with Crippen molar-refractivity contribution < 1.29 is 19.0 Å². The summed E-state index contributed by atoms with van der Waals surface area (Å²) in [5.41, 5.74) is -0.596. The lowest BCUT2D eigenvalue weighted by molar-refractivity contribution is -0.135. The molecule has 28 heavy (non-hydrogen) atoms. The summed E-state index contributed by atoms with van der Waals surface area (Å²) in [4.78, 5) is 12.1. The predicted molar refractivity (Wildman–Crippen MR) is 117 cm³/mol. The Morgan fingerprint density at radius 1 is 0.929 bits per heavy atom. The van der Waals surface area contributed by atoms with Crippen molar-refractivity contribution in [1.82, 2.24) is 5.32 Å². The highest BCUT2D eigenvalue weighted by Crippen LogP contribution is 2.20. The Labute approximate surface area is 174 Å². The number of carbonyl (C=O) groups is 1. The summed E-state index contributed by atoms with van der Waals surface area (Å²) in [6.07, 6.45) is 4.69. The Bertz CT molecular complexity index is 409. The van der Waals surface area contributed by atoms with E-state index in [9.17, 15) is 4.79 Å². The lowest BCUT2D eigenvalue weighted by atomic mass is 10.0. The summed E-state index contributed by atoms with van der Waals surface area (Å²) in [5.74, 6) is 0.271. The van der Waals surface area contributed by atoms with Crippen LogP contribution in [-0.4, -0.2) is 56.0 Å². The van der Waals surface area contributed by atoms with Crippen LogP contribution >= 0.6 is 0 Å². The molecule has 5 heteroatoms. The van der Waals surface area contributed by atoms with Gasteiger partial charge in [-0.2, -0.15) is 0 Å². The van der Waals surface area contributed by atoms with E-state index in [4.69, 9.17) is 14.2 Å². The highest BCUT2D eigenvalue weighted by atomic mass is 16.5. The number of ketones is 1. The molecule has 0 saturated carbocycles. The first-order valence-electron chi connectivity index (χ1n) is 11.1. The van der Waals surface area contributed by atoms with Crippen molar-refractivity contribution in [3.63, 3.8) is 0 Å². The fraction of sp³-hybridized carbons (Fsp3) is 0.957. The zero-order valence-corrected chi connectivity index (χ0v) is 19.9. The van der Waals surface area contributed by atoms with Crippen LogP contribution in [0.25, 0.3) is 0 Å². The maximum atomic E-state index is 12.1. The largest absolute Gasteiger partial charge is 0.380 e. The fourth-order valence-electron chi connectivity index (χ4n) is 2.66. The van der Waals surface area contributed by atoms with E-state index in [0.29, 0.717) is 19.3 Å². The molecule has 0 aromatic heterocycles. The van der Waals surface area contributed by atoms with Gasteiger partial charge in [0, 0.05) is 25.1 Å². The van der Waals surface area contributed by atoms with Gasteiger partial charge in [-0.1, -0.05) is 27.2 Å². The summed E-state index contributed by atoms with van der Waals surface area (Å²) in [7, 11) is 0. The molecular formula is C23H47NO4. The molecule has 0 heterocycles. The van der Waals surface area contributed by atoms with Crippen LogP contribution in [0.2, 0.25) is 0 Å². The Morgan fingerprint density at radius 2 is 1.54 bits per heavy atom. The van der Waals surface area contributed by atoms with Crippen molar-refractivity contribution in [1.29, 1.82) is 0 Å². The summed E-state index contributed by atoms with van der Waals surface area (Å²) in [6.45, 7) is 19.8. The third-order valence-electron chi connectivity index (χ3n) is 5.27. The van der Waals surface area contributed by atoms with E-state index >= 15 is 0 Å². The lowest BCUT2D eigenvalue weighted by Crippen LogP contribution is -2.34. The number of hydrogen-bond acceptors (Lipinski definition) is 5. The molecule has 0 bridgehead atoms. The van der Waals surface area contributed by atoms with E-state index in [-0.39, 0.29) is 29.5 Å². The van der Waals surface area contributed by atoms with Gasteiger partial charge in [-0.3, -0.25) is 4.79 Å². The number of Topliss-reactive ketones (excluding diaryl/α,β-unsaturated/α-hetero) is 1. The summed E-state index contributed by atoms with van der Waals surface area (Å²) >= 11 is 0. The van der Waals surface area contributed by atoms with Gasteiger partial charge in [-0.15, -0.1) is 0 Å². The molecule has 0 amide bonds. The van der Waals surface area contributed by atoms with Crippen molar-refractivity contribution in [2.45, 2.75) is 105 Å². The maximum absolute atomic E-state index is 12.1. The van der Waals surface area contributed by atoms with Crippen LogP contribution < -0.4 is 5.32 Å². The van der Waals surface area contributed by atoms with Crippen LogP contribution in [0.4, 0.5) is 0 Å². The molecule has 0 saturated heterocycles. The van der Waals surface area contributed by atoms with E-state index in [1.165, 1.54) is 0 Å². The number of nitrogens with one attached hydrogen (secondary N) is 1. The minimum absolute atomic E-state index is 0.0800. The topological polar surface area (TPSA) is 56.8 Å². The molecule has 0 fully saturated rings. The first-order chi connectivity index (χ1) is 13.0.